The fraction of sp³-hybridized carbons (Fsp3) is 0.316. The van der Waals surface area contributed by atoms with Gasteiger partial charge in [0.15, 0.2) is 0 Å². The van der Waals surface area contributed by atoms with Gasteiger partial charge in [-0.05, 0) is 44.0 Å². The standard InChI is InChI=1S/C19H20N4O3S/c1-14-7-9-16(10-8-14)27(24,25)23-12-4-5-15(13-23)19-21-18(22-26-19)17-6-2-3-11-20-17/h2-3,6-11,15H,4-5,12-13H2,1H3/t15-/m1/s1. The number of hydrogen-bond acceptors (Lipinski definition) is 6. The summed E-state index contributed by atoms with van der Waals surface area (Å²) in [4.78, 5) is 8.97. The first-order chi connectivity index (χ1) is 13.0. The van der Waals surface area contributed by atoms with Crippen LogP contribution in [0, 0.1) is 6.92 Å². The van der Waals surface area contributed by atoms with E-state index in [0.717, 1.165) is 18.4 Å². The van der Waals surface area contributed by atoms with E-state index in [-0.39, 0.29) is 5.92 Å². The van der Waals surface area contributed by atoms with E-state index < -0.39 is 10.0 Å². The second-order valence-electron chi connectivity index (χ2n) is 6.69. The number of aromatic nitrogens is 3. The topological polar surface area (TPSA) is 89.2 Å². The van der Waals surface area contributed by atoms with Crippen LogP contribution in [0.5, 0.6) is 0 Å². The molecule has 1 aliphatic heterocycles. The molecule has 0 N–H and O–H groups in total. The van der Waals surface area contributed by atoms with Crippen LogP contribution >= 0.6 is 0 Å². The van der Waals surface area contributed by atoms with Gasteiger partial charge >= 0.3 is 0 Å². The van der Waals surface area contributed by atoms with Crippen LogP contribution in [-0.2, 0) is 10.0 Å². The van der Waals surface area contributed by atoms with Crippen molar-refractivity contribution < 1.29 is 12.9 Å². The highest BCUT2D eigenvalue weighted by molar-refractivity contribution is 7.89. The molecule has 8 heteroatoms. The van der Waals surface area contributed by atoms with Gasteiger partial charge in [0.2, 0.25) is 21.7 Å². The zero-order chi connectivity index (χ0) is 18.9. The van der Waals surface area contributed by atoms with Gasteiger partial charge in [-0.15, -0.1) is 0 Å². The van der Waals surface area contributed by atoms with E-state index in [1.807, 2.05) is 37.3 Å². The number of sulfonamides is 1. The van der Waals surface area contributed by atoms with Crippen LogP contribution in [0.4, 0.5) is 0 Å². The van der Waals surface area contributed by atoms with E-state index in [1.165, 1.54) is 4.31 Å². The first kappa shape index (κ1) is 17.8. The van der Waals surface area contributed by atoms with Crippen molar-refractivity contribution in [1.82, 2.24) is 19.4 Å². The van der Waals surface area contributed by atoms with Crippen molar-refractivity contribution in [3.63, 3.8) is 0 Å². The zero-order valence-corrected chi connectivity index (χ0v) is 15.8. The lowest BCUT2D eigenvalue weighted by molar-refractivity contribution is 0.265. The van der Waals surface area contributed by atoms with E-state index in [9.17, 15) is 8.42 Å². The summed E-state index contributed by atoms with van der Waals surface area (Å²) >= 11 is 0. The highest BCUT2D eigenvalue weighted by atomic mass is 32.2. The molecule has 2 aromatic heterocycles. The summed E-state index contributed by atoms with van der Waals surface area (Å²) < 4.78 is 32.8. The molecule has 1 aliphatic rings. The van der Waals surface area contributed by atoms with Gasteiger partial charge in [0.1, 0.15) is 5.69 Å². The number of aryl methyl sites for hydroxylation is 1. The normalized spacial score (nSPS) is 18.5. The van der Waals surface area contributed by atoms with E-state index in [1.54, 1.807) is 18.3 Å². The smallest absolute Gasteiger partial charge is 0.243 e. The maximum Gasteiger partial charge on any atom is 0.243 e. The Morgan fingerprint density at radius 1 is 1.15 bits per heavy atom. The van der Waals surface area contributed by atoms with Gasteiger partial charge in [-0.2, -0.15) is 9.29 Å². The van der Waals surface area contributed by atoms with Crippen LogP contribution in [0.25, 0.3) is 11.5 Å². The van der Waals surface area contributed by atoms with Crippen molar-refractivity contribution >= 4 is 10.0 Å². The molecule has 0 radical (unpaired) electrons. The Labute approximate surface area is 158 Å². The third-order valence-electron chi connectivity index (χ3n) is 4.73. The lowest BCUT2D eigenvalue weighted by Crippen LogP contribution is -2.39. The molecule has 1 saturated heterocycles. The van der Waals surface area contributed by atoms with E-state index >= 15 is 0 Å². The molecular formula is C19H20N4O3S. The van der Waals surface area contributed by atoms with E-state index in [0.29, 0.717) is 35.4 Å². The van der Waals surface area contributed by atoms with Crippen molar-refractivity contribution in [3.8, 4) is 11.5 Å². The predicted molar refractivity (Wildman–Crippen MR) is 99.4 cm³/mol. The fourth-order valence-electron chi connectivity index (χ4n) is 3.22. The molecule has 140 valence electrons. The summed E-state index contributed by atoms with van der Waals surface area (Å²) in [6.45, 7) is 2.76. The molecule has 3 aromatic rings. The van der Waals surface area contributed by atoms with E-state index in [2.05, 4.69) is 15.1 Å². The number of rotatable bonds is 4. The van der Waals surface area contributed by atoms with Gasteiger partial charge in [0, 0.05) is 19.3 Å². The third-order valence-corrected chi connectivity index (χ3v) is 6.61. The second kappa shape index (κ2) is 7.21. The van der Waals surface area contributed by atoms with Gasteiger partial charge in [0.05, 0.1) is 10.8 Å². The molecule has 0 amide bonds. The molecular weight excluding hydrogens is 364 g/mol. The molecule has 0 spiro atoms. The van der Waals surface area contributed by atoms with Crippen LogP contribution in [-0.4, -0.2) is 40.9 Å². The minimum absolute atomic E-state index is 0.121. The van der Waals surface area contributed by atoms with Crippen LogP contribution in [0.1, 0.15) is 30.2 Å². The Kier molecular flexibility index (Phi) is 4.75. The molecule has 0 saturated carbocycles. The zero-order valence-electron chi connectivity index (χ0n) is 14.9. The fourth-order valence-corrected chi connectivity index (χ4v) is 4.75. The predicted octanol–water partition coefficient (Wildman–Crippen LogP) is 3.01. The second-order valence-corrected chi connectivity index (χ2v) is 8.62. The first-order valence-corrected chi connectivity index (χ1v) is 10.3. The summed E-state index contributed by atoms with van der Waals surface area (Å²) in [5.74, 6) is 0.757. The Morgan fingerprint density at radius 3 is 2.70 bits per heavy atom. The van der Waals surface area contributed by atoms with Crippen molar-refractivity contribution in [3.05, 3.63) is 60.1 Å². The van der Waals surface area contributed by atoms with Crippen LogP contribution in [0.2, 0.25) is 0 Å². The molecule has 3 heterocycles. The first-order valence-electron chi connectivity index (χ1n) is 8.86. The van der Waals surface area contributed by atoms with Gasteiger partial charge in [-0.25, -0.2) is 8.42 Å². The lowest BCUT2D eigenvalue weighted by atomic mass is 10.00. The third kappa shape index (κ3) is 3.63. The molecule has 27 heavy (non-hydrogen) atoms. The summed E-state index contributed by atoms with van der Waals surface area (Å²) in [6, 6.07) is 12.4. The molecule has 0 aliphatic carbocycles. The molecule has 0 bridgehead atoms. The number of pyridine rings is 1. The van der Waals surface area contributed by atoms with Crippen LogP contribution in [0.3, 0.4) is 0 Å². The minimum atomic E-state index is -3.53. The summed E-state index contributed by atoms with van der Waals surface area (Å²) in [6.07, 6.45) is 3.22. The number of nitrogens with zero attached hydrogens (tertiary/aromatic N) is 4. The molecule has 1 atom stereocenters. The quantitative estimate of drug-likeness (QED) is 0.687. The molecule has 0 unspecified atom stereocenters. The SMILES string of the molecule is Cc1ccc(S(=O)(=O)N2CCC[C@@H](c3nc(-c4ccccn4)no3)C2)cc1. The maximum absolute atomic E-state index is 13.0. The minimum Gasteiger partial charge on any atom is -0.339 e. The van der Waals surface area contributed by atoms with Crippen LogP contribution in [0.15, 0.2) is 58.1 Å². The van der Waals surface area contributed by atoms with E-state index in [4.69, 9.17) is 4.52 Å². The largest absolute Gasteiger partial charge is 0.339 e. The van der Waals surface area contributed by atoms with Gasteiger partial charge in [-0.3, -0.25) is 4.98 Å². The van der Waals surface area contributed by atoms with Crippen molar-refractivity contribution in [2.45, 2.75) is 30.6 Å². The number of benzene rings is 1. The Balaban J connectivity index is 1.55. The van der Waals surface area contributed by atoms with Crippen molar-refractivity contribution in [2.24, 2.45) is 0 Å². The van der Waals surface area contributed by atoms with Gasteiger partial charge in [-0.1, -0.05) is 28.9 Å². The molecule has 7 nitrogen and oxygen atoms in total. The maximum atomic E-state index is 13.0. The van der Waals surface area contributed by atoms with Gasteiger partial charge in [0.25, 0.3) is 0 Å². The highest BCUT2D eigenvalue weighted by Gasteiger charge is 2.33. The average Bonchev–Trinajstić information content (AvgIpc) is 3.19. The lowest BCUT2D eigenvalue weighted by Gasteiger charge is -2.30. The number of hydrogen-bond donors (Lipinski definition) is 0. The number of piperidine rings is 1. The monoisotopic (exact) mass is 384 g/mol. The molecule has 1 fully saturated rings. The average molecular weight is 384 g/mol. The molecule has 1 aromatic carbocycles. The summed E-state index contributed by atoms with van der Waals surface area (Å²) in [5, 5.41) is 4.00. The Morgan fingerprint density at radius 2 is 1.96 bits per heavy atom. The Bertz CT molecular complexity index is 1020. The summed E-state index contributed by atoms with van der Waals surface area (Å²) in [7, 11) is -3.53. The summed E-state index contributed by atoms with van der Waals surface area (Å²) in [5.41, 5.74) is 1.66. The molecule has 4 rings (SSSR count). The van der Waals surface area contributed by atoms with Gasteiger partial charge < -0.3 is 4.52 Å². The highest BCUT2D eigenvalue weighted by Crippen LogP contribution is 2.30. The van der Waals surface area contributed by atoms with Crippen LogP contribution < -0.4 is 0 Å². The van der Waals surface area contributed by atoms with Crippen molar-refractivity contribution in [2.75, 3.05) is 13.1 Å². The van der Waals surface area contributed by atoms with Crippen molar-refractivity contribution in [1.29, 1.82) is 0 Å². The Hall–Kier alpha value is -2.58.